The van der Waals surface area contributed by atoms with E-state index in [-0.39, 0.29) is 18.0 Å². The number of rotatable bonds is 6. The monoisotopic (exact) mass is 465 g/mol. The van der Waals surface area contributed by atoms with Crippen LogP contribution in [-0.2, 0) is 6.54 Å². The van der Waals surface area contributed by atoms with Crippen LogP contribution in [0, 0.1) is 13.7 Å². The van der Waals surface area contributed by atoms with Gasteiger partial charge in [0.15, 0.2) is 5.76 Å². The van der Waals surface area contributed by atoms with Gasteiger partial charge in [0.05, 0.1) is 17.7 Å². The third-order valence-corrected chi connectivity index (χ3v) is 4.29. The summed E-state index contributed by atoms with van der Waals surface area (Å²) >= 11 is 2.18. The molecule has 0 fully saturated rings. The number of halogens is 1. The van der Waals surface area contributed by atoms with Gasteiger partial charge < -0.3 is 4.42 Å². The van der Waals surface area contributed by atoms with E-state index in [0.717, 1.165) is 15.3 Å². The quantitative estimate of drug-likeness (QED) is 0.260. The van der Waals surface area contributed by atoms with Gasteiger partial charge in [-0.2, -0.15) is 10.2 Å². The minimum absolute atomic E-state index is 0.0848. The van der Waals surface area contributed by atoms with Crippen LogP contribution < -0.4 is 5.43 Å². The average Bonchev–Trinajstić information content (AvgIpc) is 3.26. The summed E-state index contributed by atoms with van der Waals surface area (Å²) in [5, 5.41) is 18.4. The molecule has 0 aliphatic heterocycles. The van der Waals surface area contributed by atoms with Crippen LogP contribution in [0.5, 0.6) is 0 Å². The molecule has 1 amide bonds. The first kappa shape index (κ1) is 17.8. The van der Waals surface area contributed by atoms with Gasteiger partial charge in [-0.3, -0.25) is 19.6 Å². The third-order valence-electron chi connectivity index (χ3n) is 3.31. The first-order valence-electron chi connectivity index (χ1n) is 7.36. The molecule has 2 aromatic heterocycles. The number of aromatic nitrogens is 2. The number of nitrogens with one attached hydrogen (secondary N) is 1. The van der Waals surface area contributed by atoms with Crippen molar-refractivity contribution in [3.05, 3.63) is 79.6 Å². The van der Waals surface area contributed by atoms with Crippen molar-refractivity contribution < 1.29 is 14.1 Å². The van der Waals surface area contributed by atoms with Crippen molar-refractivity contribution in [2.75, 3.05) is 0 Å². The second-order valence-electron chi connectivity index (χ2n) is 5.14. The number of furan rings is 1. The Hall–Kier alpha value is -3.02. The standard InChI is InChI=1S/C16H12IN5O4/c17-14-4-2-1-3-11(14)7-18-20-16(23)15-6-5-13(26-15)10-21-9-12(8-19-21)22(24)25/h1-9H,10H2,(H,20,23)/b18-7-. The number of amides is 1. The predicted octanol–water partition coefficient (Wildman–Crippen LogP) is 2.80. The van der Waals surface area contributed by atoms with E-state index < -0.39 is 10.8 Å². The summed E-state index contributed by atoms with van der Waals surface area (Å²) in [6.07, 6.45) is 3.98. The van der Waals surface area contributed by atoms with Crippen LogP contribution in [0.4, 0.5) is 5.69 Å². The maximum absolute atomic E-state index is 12.0. The van der Waals surface area contributed by atoms with Gasteiger partial charge in [0, 0.05) is 9.13 Å². The summed E-state index contributed by atoms with van der Waals surface area (Å²) in [6.45, 7) is 0.173. The van der Waals surface area contributed by atoms with Crippen molar-refractivity contribution in [1.82, 2.24) is 15.2 Å². The smallest absolute Gasteiger partial charge is 0.307 e. The highest BCUT2D eigenvalue weighted by atomic mass is 127. The molecule has 1 aromatic carbocycles. The number of hydrazone groups is 1. The van der Waals surface area contributed by atoms with Gasteiger partial charge in [-0.25, -0.2) is 5.43 Å². The Morgan fingerprint density at radius 3 is 2.92 bits per heavy atom. The van der Waals surface area contributed by atoms with E-state index in [2.05, 4.69) is 38.2 Å². The van der Waals surface area contributed by atoms with Crippen LogP contribution in [0.1, 0.15) is 21.9 Å². The molecule has 0 radical (unpaired) electrons. The fourth-order valence-corrected chi connectivity index (χ4v) is 2.60. The first-order chi connectivity index (χ1) is 12.5. The third kappa shape index (κ3) is 4.33. The molecule has 9 nitrogen and oxygen atoms in total. The summed E-state index contributed by atoms with van der Waals surface area (Å²) in [5.74, 6) is 0.0289. The minimum Gasteiger partial charge on any atom is -0.454 e. The van der Waals surface area contributed by atoms with Crippen LogP contribution in [0.3, 0.4) is 0 Å². The number of nitrogens with zero attached hydrogens (tertiary/aromatic N) is 4. The molecule has 3 aromatic rings. The van der Waals surface area contributed by atoms with E-state index in [1.54, 1.807) is 12.3 Å². The number of hydrogen-bond donors (Lipinski definition) is 1. The Kier molecular flexibility index (Phi) is 5.41. The molecule has 0 bridgehead atoms. The first-order valence-corrected chi connectivity index (χ1v) is 8.44. The highest BCUT2D eigenvalue weighted by Crippen LogP contribution is 2.13. The lowest BCUT2D eigenvalue weighted by Gasteiger charge is -1.99. The lowest BCUT2D eigenvalue weighted by atomic mass is 10.2. The molecule has 2 heterocycles. The van der Waals surface area contributed by atoms with Gasteiger partial charge in [-0.15, -0.1) is 0 Å². The second kappa shape index (κ2) is 7.91. The highest BCUT2D eigenvalue weighted by Gasteiger charge is 2.13. The van der Waals surface area contributed by atoms with E-state index >= 15 is 0 Å². The van der Waals surface area contributed by atoms with Crippen molar-refractivity contribution in [3.8, 4) is 0 Å². The van der Waals surface area contributed by atoms with Gasteiger partial charge in [-0.1, -0.05) is 18.2 Å². The van der Waals surface area contributed by atoms with Gasteiger partial charge in [0.2, 0.25) is 0 Å². The number of carbonyl (C=O) groups excluding carboxylic acids is 1. The van der Waals surface area contributed by atoms with Crippen LogP contribution >= 0.6 is 22.6 Å². The number of hydrogen-bond acceptors (Lipinski definition) is 6. The summed E-state index contributed by atoms with van der Waals surface area (Å²) in [4.78, 5) is 22.2. The molecular weight excluding hydrogens is 453 g/mol. The van der Waals surface area contributed by atoms with Gasteiger partial charge in [-0.05, 0) is 40.8 Å². The summed E-state index contributed by atoms with van der Waals surface area (Å²) < 4.78 is 7.79. The van der Waals surface area contributed by atoms with Gasteiger partial charge in [0.1, 0.15) is 18.2 Å². The Labute approximate surface area is 161 Å². The Morgan fingerprint density at radius 1 is 1.38 bits per heavy atom. The number of nitro groups is 1. The highest BCUT2D eigenvalue weighted by molar-refractivity contribution is 14.1. The van der Waals surface area contributed by atoms with Gasteiger partial charge >= 0.3 is 11.6 Å². The molecule has 1 N–H and O–H groups in total. The predicted molar refractivity (Wildman–Crippen MR) is 101 cm³/mol. The van der Waals surface area contributed by atoms with Crippen molar-refractivity contribution in [1.29, 1.82) is 0 Å². The number of benzene rings is 1. The molecule has 0 aliphatic carbocycles. The Bertz CT molecular complexity index is 978. The zero-order valence-corrected chi connectivity index (χ0v) is 15.4. The summed E-state index contributed by atoms with van der Waals surface area (Å²) in [7, 11) is 0. The minimum atomic E-state index is -0.531. The molecule has 0 unspecified atom stereocenters. The van der Waals surface area contributed by atoms with Crippen molar-refractivity contribution in [2.24, 2.45) is 5.10 Å². The van der Waals surface area contributed by atoms with Crippen LogP contribution in [0.2, 0.25) is 0 Å². The summed E-state index contributed by atoms with van der Waals surface area (Å²) in [6, 6.07) is 10.7. The van der Waals surface area contributed by atoms with Crippen LogP contribution in [0.25, 0.3) is 0 Å². The zero-order chi connectivity index (χ0) is 18.5. The molecule has 132 valence electrons. The van der Waals surface area contributed by atoms with E-state index in [1.807, 2.05) is 24.3 Å². The maximum Gasteiger partial charge on any atom is 0.307 e. The maximum atomic E-state index is 12.0. The molecule has 0 atom stereocenters. The van der Waals surface area contributed by atoms with Crippen molar-refractivity contribution >= 4 is 40.4 Å². The molecule has 26 heavy (non-hydrogen) atoms. The molecular formula is C16H12IN5O4. The van der Waals surface area contributed by atoms with E-state index in [0.29, 0.717) is 5.76 Å². The molecule has 10 heteroatoms. The zero-order valence-electron chi connectivity index (χ0n) is 13.2. The fraction of sp³-hybridized carbons (Fsp3) is 0.0625. The topological polar surface area (TPSA) is 116 Å². The lowest BCUT2D eigenvalue weighted by molar-refractivity contribution is -0.385. The van der Waals surface area contributed by atoms with Crippen molar-refractivity contribution in [3.63, 3.8) is 0 Å². The summed E-state index contributed by atoms with van der Waals surface area (Å²) in [5.41, 5.74) is 3.16. The van der Waals surface area contributed by atoms with E-state index in [9.17, 15) is 14.9 Å². The number of carbonyl (C=O) groups is 1. The normalized spacial score (nSPS) is 11.0. The lowest BCUT2D eigenvalue weighted by Crippen LogP contribution is -2.16. The largest absolute Gasteiger partial charge is 0.454 e. The molecule has 0 spiro atoms. The van der Waals surface area contributed by atoms with Gasteiger partial charge in [0.25, 0.3) is 0 Å². The Balaban J connectivity index is 1.60. The SMILES string of the molecule is O=C(N/N=C\c1ccccc1I)c1ccc(Cn2cc([N+](=O)[O-])cn2)o1. The van der Waals surface area contributed by atoms with Crippen LogP contribution in [-0.4, -0.2) is 26.8 Å². The second-order valence-corrected chi connectivity index (χ2v) is 6.30. The van der Waals surface area contributed by atoms with Crippen molar-refractivity contribution in [2.45, 2.75) is 6.54 Å². The van der Waals surface area contributed by atoms with Crippen LogP contribution in [0.15, 0.2) is 58.3 Å². The fourth-order valence-electron chi connectivity index (χ4n) is 2.07. The molecule has 0 saturated carbocycles. The Morgan fingerprint density at radius 2 is 2.19 bits per heavy atom. The molecule has 3 rings (SSSR count). The average molecular weight is 465 g/mol. The van der Waals surface area contributed by atoms with E-state index in [1.165, 1.54) is 16.9 Å². The molecule has 0 saturated heterocycles. The molecule has 0 aliphatic rings. The van der Waals surface area contributed by atoms with E-state index in [4.69, 9.17) is 4.42 Å².